The van der Waals surface area contributed by atoms with Crippen molar-refractivity contribution in [3.63, 3.8) is 0 Å². The van der Waals surface area contributed by atoms with Gasteiger partial charge in [-0.15, -0.1) is 0 Å². The lowest BCUT2D eigenvalue weighted by Gasteiger charge is -2.19. The topological polar surface area (TPSA) is 155 Å². The Morgan fingerprint density at radius 1 is 0.974 bits per heavy atom. The van der Waals surface area contributed by atoms with Gasteiger partial charge in [0.15, 0.2) is 12.1 Å². The van der Waals surface area contributed by atoms with Crippen LogP contribution in [0.15, 0.2) is 66.9 Å². The Morgan fingerprint density at radius 2 is 1.68 bits per heavy atom. The Kier molecular flexibility index (Phi) is 10.1. The highest BCUT2D eigenvalue weighted by molar-refractivity contribution is 6.08. The van der Waals surface area contributed by atoms with Crippen LogP contribution in [0.25, 0.3) is 21.7 Å². The molecule has 0 saturated carbocycles. The fourth-order valence-corrected chi connectivity index (χ4v) is 4.20. The maximum Gasteiger partial charge on any atom is 0.250 e. The van der Waals surface area contributed by atoms with Crippen molar-refractivity contribution < 1.29 is 34.8 Å². The second kappa shape index (κ2) is 13.3. The zero-order valence-electron chi connectivity index (χ0n) is 21.4. The smallest absolute Gasteiger partial charge is 0.250 e. The Labute approximate surface area is 220 Å². The summed E-state index contributed by atoms with van der Waals surface area (Å²) in [6.07, 6.45) is -0.648. The first-order valence-electron chi connectivity index (χ1n) is 12.3. The van der Waals surface area contributed by atoms with Gasteiger partial charge in [-0.2, -0.15) is 0 Å². The van der Waals surface area contributed by atoms with Crippen LogP contribution in [0.5, 0.6) is 0 Å². The number of nitrogens with two attached hydrogens (primary N) is 1. The number of nitrogens with zero attached hydrogens (tertiary/aromatic N) is 1. The number of ether oxygens (including phenoxy) is 1. The summed E-state index contributed by atoms with van der Waals surface area (Å²) in [6.45, 7) is 2.87. The summed E-state index contributed by atoms with van der Waals surface area (Å²) in [5.74, 6) is -0.478. The van der Waals surface area contributed by atoms with Gasteiger partial charge in [0.2, 0.25) is 0 Å². The van der Waals surface area contributed by atoms with Gasteiger partial charge in [0.05, 0.1) is 31.0 Å². The number of amides is 1. The van der Waals surface area contributed by atoms with Gasteiger partial charge in [0.1, 0.15) is 0 Å². The number of hydrogen-bond acceptors (Lipinski definition) is 7. The standard InChI is InChI=1S/C22H18N2O2.C7H16O5/c1-14(25)17-8-9-19-20(22(23)26)13-24(21(19)11-17)12-15-6-7-16-4-2-3-5-18(16)10-15;1-5(10)12-7(4-9)2-6(11)3-8/h2-11,13H,12H2,1H3,(H2,23,26);5-11H,2-4H2,1H3. The van der Waals surface area contributed by atoms with E-state index in [0.29, 0.717) is 17.7 Å². The molecule has 0 fully saturated rings. The van der Waals surface area contributed by atoms with Crippen molar-refractivity contribution in [3.8, 4) is 0 Å². The molecular formula is C29H34N2O7. The van der Waals surface area contributed by atoms with E-state index >= 15 is 0 Å². The third-order valence-electron chi connectivity index (χ3n) is 6.06. The van der Waals surface area contributed by atoms with Crippen molar-refractivity contribution in [1.29, 1.82) is 0 Å². The van der Waals surface area contributed by atoms with E-state index in [-0.39, 0.29) is 25.4 Å². The van der Waals surface area contributed by atoms with Gasteiger partial charge in [-0.25, -0.2) is 0 Å². The molecule has 0 spiro atoms. The summed E-state index contributed by atoms with van der Waals surface area (Å²) >= 11 is 0. The minimum atomic E-state index is -0.979. The molecule has 202 valence electrons. The van der Waals surface area contributed by atoms with E-state index in [1.54, 1.807) is 18.3 Å². The Morgan fingerprint density at radius 3 is 2.29 bits per heavy atom. The van der Waals surface area contributed by atoms with E-state index in [0.717, 1.165) is 16.5 Å². The molecule has 3 aromatic carbocycles. The molecule has 0 saturated heterocycles. The van der Waals surface area contributed by atoms with Crippen molar-refractivity contribution in [2.24, 2.45) is 5.73 Å². The summed E-state index contributed by atoms with van der Waals surface area (Å²) in [6, 6.07) is 19.8. The number of aliphatic hydroxyl groups excluding tert-OH is 4. The summed E-state index contributed by atoms with van der Waals surface area (Å²) in [7, 11) is 0. The summed E-state index contributed by atoms with van der Waals surface area (Å²) < 4.78 is 6.78. The molecule has 3 atom stereocenters. The lowest BCUT2D eigenvalue weighted by atomic mass is 10.1. The van der Waals surface area contributed by atoms with Crippen LogP contribution in [0.3, 0.4) is 0 Å². The highest BCUT2D eigenvalue weighted by Gasteiger charge is 2.16. The predicted molar refractivity (Wildman–Crippen MR) is 145 cm³/mol. The number of ketones is 1. The molecule has 1 amide bonds. The third kappa shape index (κ3) is 7.47. The maximum absolute atomic E-state index is 11.8. The van der Waals surface area contributed by atoms with Crippen LogP contribution in [0.4, 0.5) is 0 Å². The predicted octanol–water partition coefficient (Wildman–Crippen LogP) is 2.59. The van der Waals surface area contributed by atoms with Crippen LogP contribution < -0.4 is 5.73 Å². The van der Waals surface area contributed by atoms with Gasteiger partial charge in [0.25, 0.3) is 5.91 Å². The molecule has 0 radical (unpaired) electrons. The van der Waals surface area contributed by atoms with Gasteiger partial charge < -0.3 is 35.5 Å². The Balaban J connectivity index is 0.000000284. The summed E-state index contributed by atoms with van der Waals surface area (Å²) in [4.78, 5) is 23.6. The lowest BCUT2D eigenvalue weighted by Crippen LogP contribution is -2.29. The molecule has 0 bridgehead atoms. The van der Waals surface area contributed by atoms with Crippen LogP contribution in [0, 0.1) is 0 Å². The quantitative estimate of drug-likeness (QED) is 0.158. The average molecular weight is 523 g/mol. The van der Waals surface area contributed by atoms with Crippen LogP contribution in [-0.2, 0) is 11.3 Å². The summed E-state index contributed by atoms with van der Waals surface area (Å²) in [5.41, 5.74) is 8.57. The van der Waals surface area contributed by atoms with Gasteiger partial charge in [-0.05, 0) is 42.3 Å². The van der Waals surface area contributed by atoms with E-state index in [1.807, 2.05) is 22.8 Å². The van der Waals surface area contributed by atoms with Gasteiger partial charge >= 0.3 is 0 Å². The van der Waals surface area contributed by atoms with E-state index in [1.165, 1.54) is 24.6 Å². The first-order chi connectivity index (χ1) is 18.1. The molecule has 4 aromatic rings. The summed E-state index contributed by atoms with van der Waals surface area (Å²) in [5, 5.41) is 38.0. The van der Waals surface area contributed by atoms with Crippen LogP contribution in [0.1, 0.15) is 46.5 Å². The molecule has 1 heterocycles. The zero-order valence-corrected chi connectivity index (χ0v) is 21.4. The van der Waals surface area contributed by atoms with Crippen molar-refractivity contribution in [1.82, 2.24) is 4.57 Å². The molecule has 3 unspecified atom stereocenters. The van der Waals surface area contributed by atoms with Crippen molar-refractivity contribution in [3.05, 3.63) is 83.6 Å². The highest BCUT2D eigenvalue weighted by Crippen LogP contribution is 2.25. The largest absolute Gasteiger partial charge is 0.394 e. The van der Waals surface area contributed by atoms with Gasteiger partial charge in [-0.1, -0.05) is 48.5 Å². The number of aromatic nitrogens is 1. The number of carbonyl (C=O) groups is 2. The minimum absolute atomic E-state index is 0.00835. The normalized spacial score (nSPS) is 13.5. The number of rotatable bonds is 10. The Hall–Kier alpha value is -3.60. The van der Waals surface area contributed by atoms with Crippen LogP contribution in [0.2, 0.25) is 0 Å². The molecular weight excluding hydrogens is 488 g/mol. The van der Waals surface area contributed by atoms with Crippen molar-refractivity contribution >= 4 is 33.4 Å². The fraction of sp³-hybridized carbons (Fsp3) is 0.310. The molecule has 1 aromatic heterocycles. The SMILES string of the molecule is CC(=O)c1ccc2c(C(N)=O)cn(Cc3ccc4ccccc4c3)c2c1.CC(O)OC(CO)CC(O)CO. The number of fused-ring (bicyclic) bond motifs is 2. The van der Waals surface area contributed by atoms with Crippen LogP contribution in [-0.4, -0.2) is 68.4 Å². The second-order valence-corrected chi connectivity index (χ2v) is 9.12. The van der Waals surface area contributed by atoms with E-state index in [2.05, 4.69) is 30.3 Å². The number of aliphatic hydroxyl groups is 4. The van der Waals surface area contributed by atoms with Gasteiger partial charge in [0, 0.05) is 35.6 Å². The average Bonchev–Trinajstić information content (AvgIpc) is 3.26. The number of Topliss-reactive ketones (excluding diaryl/α,β-unsaturated/α-hetero) is 1. The molecule has 0 aliphatic rings. The number of carbonyl (C=O) groups excluding carboxylic acids is 2. The molecule has 0 aliphatic heterocycles. The Bertz CT molecular complexity index is 1400. The molecule has 6 N–H and O–H groups in total. The highest BCUT2D eigenvalue weighted by atomic mass is 16.6. The van der Waals surface area contributed by atoms with E-state index < -0.39 is 24.4 Å². The number of benzene rings is 3. The fourth-order valence-electron chi connectivity index (χ4n) is 4.20. The monoisotopic (exact) mass is 522 g/mol. The minimum Gasteiger partial charge on any atom is -0.394 e. The first-order valence-corrected chi connectivity index (χ1v) is 12.3. The molecule has 4 rings (SSSR count). The van der Waals surface area contributed by atoms with Gasteiger partial charge in [-0.3, -0.25) is 9.59 Å². The molecule has 9 heteroatoms. The zero-order chi connectivity index (χ0) is 27.8. The maximum atomic E-state index is 11.8. The number of hydrogen-bond donors (Lipinski definition) is 5. The molecule has 0 aliphatic carbocycles. The first kappa shape index (κ1) is 29.0. The molecule has 9 nitrogen and oxygen atoms in total. The third-order valence-corrected chi connectivity index (χ3v) is 6.06. The van der Waals surface area contributed by atoms with E-state index in [4.69, 9.17) is 30.9 Å². The second-order valence-electron chi connectivity index (χ2n) is 9.12. The van der Waals surface area contributed by atoms with E-state index in [9.17, 15) is 9.59 Å². The molecule has 38 heavy (non-hydrogen) atoms. The van der Waals surface area contributed by atoms with Crippen molar-refractivity contribution in [2.75, 3.05) is 13.2 Å². The van der Waals surface area contributed by atoms with Crippen LogP contribution >= 0.6 is 0 Å². The number of primary amides is 1. The van der Waals surface area contributed by atoms with Crippen molar-refractivity contribution in [2.45, 2.75) is 45.3 Å². The lowest BCUT2D eigenvalue weighted by molar-refractivity contribution is -0.146.